The number of aryl methyl sites for hydroxylation is 1. The van der Waals surface area contributed by atoms with Gasteiger partial charge in [-0.25, -0.2) is 9.67 Å². The second-order valence-corrected chi connectivity index (χ2v) is 4.51. The summed E-state index contributed by atoms with van der Waals surface area (Å²) >= 11 is 0. The largest absolute Gasteiger partial charge is 0.508 e. The first-order chi connectivity index (χ1) is 8.56. The molecule has 1 aromatic heterocycles. The molecule has 0 saturated carbocycles. The SMILES string of the molecule is Cc1cc(O)cc(OCc2ncnn2C(C)C)c1. The minimum absolute atomic E-state index is 0.204. The summed E-state index contributed by atoms with van der Waals surface area (Å²) in [7, 11) is 0. The van der Waals surface area contributed by atoms with E-state index in [0.717, 1.165) is 11.4 Å². The van der Waals surface area contributed by atoms with Gasteiger partial charge in [-0.1, -0.05) is 0 Å². The number of benzene rings is 1. The standard InChI is InChI=1S/C13H17N3O2/c1-9(2)16-13(14-8-15-16)7-18-12-5-10(3)4-11(17)6-12/h4-6,8-9,17H,7H2,1-3H3. The lowest BCUT2D eigenvalue weighted by Gasteiger charge is -2.11. The Morgan fingerprint density at radius 1 is 1.33 bits per heavy atom. The predicted molar refractivity (Wildman–Crippen MR) is 67.6 cm³/mol. The molecule has 96 valence electrons. The van der Waals surface area contributed by atoms with Crippen LogP contribution < -0.4 is 4.74 Å². The number of rotatable bonds is 4. The van der Waals surface area contributed by atoms with Crippen molar-refractivity contribution in [2.75, 3.05) is 0 Å². The summed E-state index contributed by atoms with van der Waals surface area (Å²) in [6.07, 6.45) is 1.52. The fourth-order valence-electron chi connectivity index (χ4n) is 1.77. The van der Waals surface area contributed by atoms with Crippen LogP contribution in [0.15, 0.2) is 24.5 Å². The molecule has 0 amide bonds. The number of aromatic nitrogens is 3. The smallest absolute Gasteiger partial charge is 0.165 e. The fourth-order valence-corrected chi connectivity index (χ4v) is 1.77. The molecule has 0 radical (unpaired) electrons. The van der Waals surface area contributed by atoms with Crippen LogP contribution in [0.1, 0.15) is 31.3 Å². The second kappa shape index (κ2) is 5.08. The third-order valence-electron chi connectivity index (χ3n) is 2.54. The summed E-state index contributed by atoms with van der Waals surface area (Å²) in [5.41, 5.74) is 0.954. The van der Waals surface area contributed by atoms with E-state index in [1.165, 1.54) is 6.33 Å². The Bertz CT molecular complexity index is 515. The number of phenolic OH excluding ortho intramolecular Hbond substituents is 1. The van der Waals surface area contributed by atoms with Gasteiger partial charge in [0.05, 0.1) is 0 Å². The van der Waals surface area contributed by atoms with Gasteiger partial charge in [0.1, 0.15) is 24.4 Å². The van der Waals surface area contributed by atoms with Crippen molar-refractivity contribution < 1.29 is 9.84 Å². The van der Waals surface area contributed by atoms with E-state index in [-0.39, 0.29) is 11.8 Å². The normalized spacial score (nSPS) is 10.9. The van der Waals surface area contributed by atoms with Gasteiger partial charge in [-0.3, -0.25) is 0 Å². The van der Waals surface area contributed by atoms with E-state index in [1.54, 1.807) is 12.1 Å². The van der Waals surface area contributed by atoms with E-state index in [4.69, 9.17) is 4.74 Å². The molecule has 0 spiro atoms. The topological polar surface area (TPSA) is 60.2 Å². The maximum atomic E-state index is 9.48. The maximum Gasteiger partial charge on any atom is 0.165 e. The zero-order valence-electron chi connectivity index (χ0n) is 10.8. The second-order valence-electron chi connectivity index (χ2n) is 4.51. The quantitative estimate of drug-likeness (QED) is 0.901. The average Bonchev–Trinajstić information content (AvgIpc) is 2.73. The molecule has 0 atom stereocenters. The first-order valence-corrected chi connectivity index (χ1v) is 5.88. The molecule has 0 unspecified atom stereocenters. The molecular formula is C13H17N3O2. The number of hydrogen-bond acceptors (Lipinski definition) is 4. The van der Waals surface area contributed by atoms with Crippen molar-refractivity contribution in [3.63, 3.8) is 0 Å². The lowest BCUT2D eigenvalue weighted by atomic mass is 10.2. The van der Waals surface area contributed by atoms with Crippen molar-refractivity contribution in [1.82, 2.24) is 14.8 Å². The number of ether oxygens (including phenoxy) is 1. The fraction of sp³-hybridized carbons (Fsp3) is 0.385. The molecule has 2 aromatic rings. The summed E-state index contributed by atoms with van der Waals surface area (Å²) in [6, 6.07) is 5.39. The van der Waals surface area contributed by atoms with Gasteiger partial charge in [0.2, 0.25) is 0 Å². The lowest BCUT2D eigenvalue weighted by molar-refractivity contribution is 0.281. The number of hydrogen-bond donors (Lipinski definition) is 1. The van der Waals surface area contributed by atoms with E-state index in [0.29, 0.717) is 12.4 Å². The lowest BCUT2D eigenvalue weighted by Crippen LogP contribution is -2.10. The summed E-state index contributed by atoms with van der Waals surface area (Å²) in [5, 5.41) is 13.6. The molecule has 18 heavy (non-hydrogen) atoms. The van der Waals surface area contributed by atoms with Gasteiger partial charge in [0.25, 0.3) is 0 Å². The Hall–Kier alpha value is -2.04. The van der Waals surface area contributed by atoms with Gasteiger partial charge < -0.3 is 9.84 Å². The van der Waals surface area contributed by atoms with Gasteiger partial charge in [-0.15, -0.1) is 0 Å². The Balaban J connectivity index is 2.09. The number of nitrogens with zero attached hydrogens (tertiary/aromatic N) is 3. The van der Waals surface area contributed by atoms with Crippen LogP contribution in [0.4, 0.5) is 0 Å². The maximum absolute atomic E-state index is 9.48. The molecule has 0 saturated heterocycles. The molecule has 2 rings (SSSR count). The summed E-state index contributed by atoms with van der Waals surface area (Å²) in [6.45, 7) is 6.32. The Morgan fingerprint density at radius 3 is 2.78 bits per heavy atom. The summed E-state index contributed by atoms with van der Waals surface area (Å²) in [4.78, 5) is 4.16. The highest BCUT2D eigenvalue weighted by Gasteiger charge is 2.08. The van der Waals surface area contributed by atoms with Crippen LogP contribution in [0.2, 0.25) is 0 Å². The van der Waals surface area contributed by atoms with Crippen LogP contribution in [0.5, 0.6) is 11.5 Å². The first kappa shape index (κ1) is 12.4. The minimum Gasteiger partial charge on any atom is -0.508 e. The highest BCUT2D eigenvalue weighted by molar-refractivity contribution is 5.36. The molecule has 5 nitrogen and oxygen atoms in total. The van der Waals surface area contributed by atoms with Gasteiger partial charge in [-0.05, 0) is 38.5 Å². The van der Waals surface area contributed by atoms with E-state index in [9.17, 15) is 5.11 Å². The van der Waals surface area contributed by atoms with E-state index >= 15 is 0 Å². The Morgan fingerprint density at radius 2 is 2.11 bits per heavy atom. The third kappa shape index (κ3) is 2.80. The molecule has 1 aromatic carbocycles. The van der Waals surface area contributed by atoms with Gasteiger partial charge in [0, 0.05) is 12.1 Å². The van der Waals surface area contributed by atoms with Crippen LogP contribution >= 0.6 is 0 Å². The first-order valence-electron chi connectivity index (χ1n) is 5.88. The molecular weight excluding hydrogens is 230 g/mol. The van der Waals surface area contributed by atoms with Gasteiger partial charge in [-0.2, -0.15) is 5.10 Å². The Kier molecular flexibility index (Phi) is 3.50. The summed E-state index contributed by atoms with van der Waals surface area (Å²) < 4.78 is 7.43. The summed E-state index contributed by atoms with van der Waals surface area (Å²) in [5.74, 6) is 1.60. The molecule has 1 heterocycles. The van der Waals surface area contributed by atoms with Crippen LogP contribution in [0.3, 0.4) is 0 Å². The molecule has 0 aliphatic heterocycles. The predicted octanol–water partition coefficient (Wildman–Crippen LogP) is 2.45. The number of phenols is 1. The van der Waals surface area contributed by atoms with Crippen LogP contribution in [0, 0.1) is 6.92 Å². The van der Waals surface area contributed by atoms with Gasteiger partial charge in [0.15, 0.2) is 5.82 Å². The molecule has 1 N–H and O–H groups in total. The van der Waals surface area contributed by atoms with Crippen LogP contribution in [0.25, 0.3) is 0 Å². The third-order valence-corrected chi connectivity index (χ3v) is 2.54. The monoisotopic (exact) mass is 247 g/mol. The highest BCUT2D eigenvalue weighted by Crippen LogP contribution is 2.22. The van der Waals surface area contributed by atoms with Crippen molar-refractivity contribution in [3.8, 4) is 11.5 Å². The molecule has 0 bridgehead atoms. The highest BCUT2D eigenvalue weighted by atomic mass is 16.5. The van der Waals surface area contributed by atoms with Crippen molar-refractivity contribution in [1.29, 1.82) is 0 Å². The van der Waals surface area contributed by atoms with E-state index < -0.39 is 0 Å². The van der Waals surface area contributed by atoms with Crippen LogP contribution in [-0.4, -0.2) is 19.9 Å². The number of aromatic hydroxyl groups is 1. The Labute approximate surface area is 106 Å². The van der Waals surface area contributed by atoms with Crippen LogP contribution in [-0.2, 0) is 6.61 Å². The molecule has 0 aliphatic carbocycles. The molecule has 0 fully saturated rings. The van der Waals surface area contributed by atoms with Crippen molar-refractivity contribution in [3.05, 3.63) is 35.9 Å². The zero-order chi connectivity index (χ0) is 13.1. The zero-order valence-corrected chi connectivity index (χ0v) is 10.8. The molecule has 5 heteroatoms. The minimum atomic E-state index is 0.204. The van der Waals surface area contributed by atoms with Crippen molar-refractivity contribution in [2.45, 2.75) is 33.4 Å². The molecule has 0 aliphatic rings. The average molecular weight is 247 g/mol. The van der Waals surface area contributed by atoms with E-state index in [2.05, 4.69) is 10.1 Å². The van der Waals surface area contributed by atoms with Gasteiger partial charge >= 0.3 is 0 Å². The van der Waals surface area contributed by atoms with Crippen molar-refractivity contribution in [2.24, 2.45) is 0 Å². The van der Waals surface area contributed by atoms with Crippen molar-refractivity contribution >= 4 is 0 Å². The van der Waals surface area contributed by atoms with E-state index in [1.807, 2.05) is 31.5 Å².